The fourth-order valence-electron chi connectivity index (χ4n) is 3.95. The van der Waals surface area contributed by atoms with Gasteiger partial charge in [0.05, 0.1) is 17.7 Å². The van der Waals surface area contributed by atoms with E-state index in [-0.39, 0.29) is 0 Å². The van der Waals surface area contributed by atoms with Crippen LogP contribution < -0.4 is 0 Å². The molecule has 0 bridgehead atoms. The predicted molar refractivity (Wildman–Crippen MR) is 89.5 cm³/mol. The highest BCUT2D eigenvalue weighted by Crippen LogP contribution is 2.52. The summed E-state index contributed by atoms with van der Waals surface area (Å²) >= 11 is 0. The molecule has 0 N–H and O–H groups in total. The fraction of sp³-hybridized carbons (Fsp3) is 0.400. The first-order valence-corrected chi connectivity index (χ1v) is 8.44. The second kappa shape index (κ2) is 5.76. The average Bonchev–Trinajstić information content (AvgIpc) is 3.07. The minimum absolute atomic E-state index is 0.342. The van der Waals surface area contributed by atoms with Crippen molar-refractivity contribution in [1.29, 1.82) is 0 Å². The highest BCUT2D eigenvalue weighted by atomic mass is 16.6. The van der Waals surface area contributed by atoms with Crippen LogP contribution in [0.4, 0.5) is 0 Å². The average molecular weight is 340 g/mol. The first kappa shape index (κ1) is 15.9. The van der Waals surface area contributed by atoms with Gasteiger partial charge in [-0.1, -0.05) is 24.3 Å². The van der Waals surface area contributed by atoms with Crippen LogP contribution >= 0.6 is 0 Å². The molecule has 0 amide bonds. The van der Waals surface area contributed by atoms with Gasteiger partial charge in [-0.15, -0.1) is 0 Å². The minimum Gasteiger partial charge on any atom is -0.472 e. The van der Waals surface area contributed by atoms with Crippen LogP contribution in [-0.4, -0.2) is 24.1 Å². The summed E-state index contributed by atoms with van der Waals surface area (Å²) in [7, 11) is 0. The van der Waals surface area contributed by atoms with E-state index in [0.717, 1.165) is 12.0 Å². The molecule has 4 rings (SSSR count). The first-order chi connectivity index (χ1) is 12.0. The van der Waals surface area contributed by atoms with Crippen molar-refractivity contribution in [2.24, 2.45) is 17.8 Å². The van der Waals surface area contributed by atoms with Crippen LogP contribution in [0.5, 0.6) is 0 Å². The molecule has 1 saturated heterocycles. The summed E-state index contributed by atoms with van der Waals surface area (Å²) in [5, 5.41) is 0. The molecule has 2 fully saturated rings. The molecule has 130 valence electrons. The molecule has 5 nitrogen and oxygen atoms in total. The molecule has 0 unspecified atom stereocenters. The van der Waals surface area contributed by atoms with Gasteiger partial charge < -0.3 is 13.9 Å². The molecule has 0 aromatic carbocycles. The number of allylic oxidation sites excluding steroid dienone is 1. The molecular formula is C20H20O5. The third-order valence-corrected chi connectivity index (χ3v) is 5.47. The Morgan fingerprint density at radius 3 is 2.84 bits per heavy atom. The van der Waals surface area contributed by atoms with E-state index in [2.05, 4.69) is 20.1 Å². The lowest BCUT2D eigenvalue weighted by atomic mass is 9.87. The van der Waals surface area contributed by atoms with E-state index in [4.69, 9.17) is 13.9 Å². The van der Waals surface area contributed by atoms with Crippen molar-refractivity contribution in [1.82, 2.24) is 0 Å². The number of furan rings is 1. The van der Waals surface area contributed by atoms with Crippen LogP contribution in [0, 0.1) is 17.8 Å². The van der Waals surface area contributed by atoms with Gasteiger partial charge >= 0.3 is 11.9 Å². The van der Waals surface area contributed by atoms with Crippen molar-refractivity contribution >= 4 is 11.9 Å². The van der Waals surface area contributed by atoms with Gasteiger partial charge in [0.1, 0.15) is 18.5 Å². The molecule has 3 aliphatic rings. The molecule has 25 heavy (non-hydrogen) atoms. The van der Waals surface area contributed by atoms with E-state index >= 15 is 0 Å². The van der Waals surface area contributed by atoms with Crippen LogP contribution in [-0.2, 0) is 14.3 Å². The van der Waals surface area contributed by atoms with Crippen LogP contribution in [0.15, 0.2) is 59.0 Å². The Hall–Kier alpha value is -2.56. The molecule has 1 aromatic rings. The van der Waals surface area contributed by atoms with E-state index in [9.17, 15) is 9.59 Å². The third-order valence-electron chi connectivity index (χ3n) is 5.47. The summed E-state index contributed by atoms with van der Waals surface area (Å²) in [6, 6.07) is 1.55. The SMILES string of the molecule is C=C1C(=O)O[C@@H]2/C=C(/C)[C@H]3C[C@@H]3C(=C)C[C@@H](OC(=O)c3ccoc3)[C@@H]12. The van der Waals surface area contributed by atoms with Crippen molar-refractivity contribution < 1.29 is 23.5 Å². The topological polar surface area (TPSA) is 65.7 Å². The molecule has 1 saturated carbocycles. The number of hydrogen-bond acceptors (Lipinski definition) is 5. The van der Waals surface area contributed by atoms with E-state index in [1.165, 1.54) is 18.1 Å². The number of hydrogen-bond donors (Lipinski definition) is 0. The van der Waals surface area contributed by atoms with Crippen molar-refractivity contribution in [2.75, 3.05) is 0 Å². The molecular weight excluding hydrogens is 320 g/mol. The van der Waals surface area contributed by atoms with Crippen molar-refractivity contribution in [3.8, 4) is 0 Å². The standard InChI is InChI=1S/C20H20O5/c1-10-6-16-18(12(3)19(21)24-16)17(7-11(2)15-8-14(10)15)25-20(22)13-4-5-23-9-13/h4-6,9,14-18H,2-3,7-8H2,1H3/b10-6-/t14-,15-,16-,17-,18+/m1/s1. The Morgan fingerprint density at radius 2 is 2.12 bits per heavy atom. The van der Waals surface area contributed by atoms with Gasteiger partial charge in [-0.2, -0.15) is 0 Å². The number of carbonyl (C=O) groups is 2. The van der Waals surface area contributed by atoms with E-state index in [1.807, 2.05) is 6.08 Å². The summed E-state index contributed by atoms with van der Waals surface area (Å²) in [5.74, 6) is -0.447. The summed E-state index contributed by atoms with van der Waals surface area (Å²) in [6.07, 6.45) is 5.32. The van der Waals surface area contributed by atoms with E-state index < -0.39 is 30.1 Å². The molecule has 1 aromatic heterocycles. The Kier molecular flexibility index (Phi) is 3.67. The summed E-state index contributed by atoms with van der Waals surface area (Å²) in [6.45, 7) is 10.1. The van der Waals surface area contributed by atoms with Crippen LogP contribution in [0.1, 0.15) is 30.1 Å². The Balaban J connectivity index is 1.67. The van der Waals surface area contributed by atoms with Gasteiger partial charge in [0.15, 0.2) is 0 Å². The van der Waals surface area contributed by atoms with Gasteiger partial charge in [-0.3, -0.25) is 0 Å². The highest BCUT2D eigenvalue weighted by Gasteiger charge is 2.49. The van der Waals surface area contributed by atoms with Crippen molar-refractivity contribution in [3.63, 3.8) is 0 Å². The third kappa shape index (κ3) is 2.73. The van der Waals surface area contributed by atoms with Gasteiger partial charge in [0.2, 0.25) is 0 Å². The predicted octanol–water partition coefficient (Wildman–Crippen LogP) is 3.45. The Morgan fingerprint density at radius 1 is 1.32 bits per heavy atom. The summed E-state index contributed by atoms with van der Waals surface area (Å²) in [4.78, 5) is 24.5. The number of rotatable bonds is 2. The zero-order valence-corrected chi connectivity index (χ0v) is 14.1. The normalized spacial score (nSPS) is 36.1. The largest absolute Gasteiger partial charge is 0.472 e. The second-order valence-electron chi connectivity index (χ2n) is 7.10. The highest BCUT2D eigenvalue weighted by molar-refractivity contribution is 5.92. The Bertz CT molecular complexity index is 785. The maximum atomic E-state index is 12.4. The smallest absolute Gasteiger partial charge is 0.341 e. The first-order valence-electron chi connectivity index (χ1n) is 8.44. The van der Waals surface area contributed by atoms with Gasteiger partial charge in [-0.05, 0) is 37.3 Å². The van der Waals surface area contributed by atoms with Crippen molar-refractivity contribution in [2.45, 2.75) is 32.0 Å². The lowest BCUT2D eigenvalue weighted by Gasteiger charge is -2.26. The van der Waals surface area contributed by atoms with Crippen LogP contribution in [0.2, 0.25) is 0 Å². The summed E-state index contributed by atoms with van der Waals surface area (Å²) in [5.41, 5.74) is 2.94. The monoisotopic (exact) mass is 340 g/mol. The molecule has 5 heteroatoms. The minimum atomic E-state index is -0.540. The van der Waals surface area contributed by atoms with Crippen LogP contribution in [0.25, 0.3) is 0 Å². The van der Waals surface area contributed by atoms with Crippen molar-refractivity contribution in [3.05, 3.63) is 60.1 Å². The number of fused-ring (bicyclic) bond motifs is 2. The molecule has 1 aliphatic heterocycles. The quantitative estimate of drug-likeness (QED) is 0.469. The maximum absolute atomic E-state index is 12.4. The number of esters is 2. The molecule has 5 atom stereocenters. The van der Waals surface area contributed by atoms with E-state index in [1.54, 1.807) is 6.07 Å². The lowest BCUT2D eigenvalue weighted by Crippen LogP contribution is -2.33. The van der Waals surface area contributed by atoms with E-state index in [0.29, 0.717) is 29.4 Å². The zero-order chi connectivity index (χ0) is 17.7. The zero-order valence-electron chi connectivity index (χ0n) is 14.1. The number of ether oxygens (including phenoxy) is 2. The summed E-state index contributed by atoms with van der Waals surface area (Å²) < 4.78 is 16.2. The number of carbonyl (C=O) groups excluding carboxylic acids is 2. The molecule has 0 radical (unpaired) electrons. The maximum Gasteiger partial charge on any atom is 0.341 e. The molecule has 2 aliphatic carbocycles. The van der Waals surface area contributed by atoms with Gasteiger partial charge in [0, 0.05) is 12.0 Å². The van der Waals surface area contributed by atoms with Gasteiger partial charge in [-0.25, -0.2) is 9.59 Å². The second-order valence-corrected chi connectivity index (χ2v) is 7.10. The van der Waals surface area contributed by atoms with Crippen LogP contribution in [0.3, 0.4) is 0 Å². The lowest BCUT2D eigenvalue weighted by molar-refractivity contribution is -0.137. The fourth-order valence-corrected chi connectivity index (χ4v) is 3.95. The Labute approximate surface area is 146 Å². The molecule has 0 spiro atoms. The molecule has 2 heterocycles. The van der Waals surface area contributed by atoms with Gasteiger partial charge in [0.25, 0.3) is 0 Å².